The van der Waals surface area contributed by atoms with Crippen LogP contribution in [0.3, 0.4) is 0 Å². The fraction of sp³-hybridized carbons (Fsp3) is 0.471. The average Bonchev–Trinajstić information content (AvgIpc) is 2.45. The molecule has 0 radical (unpaired) electrons. The topological polar surface area (TPSA) is 72.9 Å². The van der Waals surface area contributed by atoms with E-state index in [2.05, 4.69) is 0 Å². The monoisotopic (exact) mass is 353 g/mol. The number of carbonyl (C=O) groups excluding carboxylic acids is 1. The molecule has 1 aliphatic heterocycles. The summed E-state index contributed by atoms with van der Waals surface area (Å²) in [6.45, 7) is 7.69. The predicted octanol–water partition coefficient (Wildman–Crippen LogP) is 2.88. The lowest BCUT2D eigenvalue weighted by Gasteiger charge is -2.30. The molecule has 0 saturated carbocycles. The zero-order valence-corrected chi connectivity index (χ0v) is 15.2. The van der Waals surface area contributed by atoms with Crippen LogP contribution in [0.4, 0.5) is 4.79 Å². The number of hydrogen-bond donors (Lipinski definition) is 0. The largest absolute Gasteiger partial charge is 0.444 e. The summed E-state index contributed by atoms with van der Waals surface area (Å²) in [4.78, 5) is 13.6. The van der Waals surface area contributed by atoms with Crippen molar-refractivity contribution in [2.45, 2.75) is 44.3 Å². The number of ether oxygens (including phenoxy) is 1. The van der Waals surface area contributed by atoms with Crippen molar-refractivity contribution in [3.63, 3.8) is 0 Å². The van der Waals surface area contributed by atoms with Crippen molar-refractivity contribution in [2.24, 2.45) is 0 Å². The molecule has 0 bridgehead atoms. The highest BCUT2D eigenvalue weighted by Gasteiger charge is 2.28. The van der Waals surface area contributed by atoms with E-state index >= 15 is 0 Å². The minimum atomic E-state index is -3.89. The van der Waals surface area contributed by atoms with E-state index in [1.165, 1.54) is 17.0 Å². The summed E-state index contributed by atoms with van der Waals surface area (Å²) < 4.78 is 35.2. The Balaban J connectivity index is 2.05. The molecule has 0 aromatic heterocycles. The molecule has 6 nitrogen and oxygen atoms in total. The highest BCUT2D eigenvalue weighted by molar-refractivity contribution is 7.86. The van der Waals surface area contributed by atoms with Gasteiger partial charge in [0, 0.05) is 6.54 Å². The van der Waals surface area contributed by atoms with Gasteiger partial charge in [0.05, 0.1) is 11.4 Å². The maximum atomic E-state index is 12.3. The number of amides is 1. The van der Waals surface area contributed by atoms with Gasteiger partial charge in [0.25, 0.3) is 10.1 Å². The molecule has 24 heavy (non-hydrogen) atoms. The maximum Gasteiger partial charge on any atom is 0.410 e. The van der Waals surface area contributed by atoms with Crippen LogP contribution in [0.25, 0.3) is 0 Å². The molecular formula is C17H23NO5S. The fourth-order valence-corrected chi connectivity index (χ4v) is 3.18. The molecule has 2 rings (SSSR count). The van der Waals surface area contributed by atoms with Crippen molar-refractivity contribution in [3.8, 4) is 0 Å². The van der Waals surface area contributed by atoms with Crippen LogP contribution < -0.4 is 0 Å². The Morgan fingerprint density at radius 3 is 2.42 bits per heavy atom. The Labute approximate surface area is 143 Å². The molecule has 7 heteroatoms. The van der Waals surface area contributed by atoms with Gasteiger partial charge >= 0.3 is 6.09 Å². The van der Waals surface area contributed by atoms with Gasteiger partial charge in [-0.3, -0.25) is 4.18 Å². The lowest BCUT2D eigenvalue weighted by molar-refractivity contribution is 0.0207. The van der Waals surface area contributed by atoms with Gasteiger partial charge in [-0.1, -0.05) is 29.8 Å². The van der Waals surface area contributed by atoms with E-state index in [1.807, 2.05) is 6.92 Å². The quantitative estimate of drug-likeness (QED) is 0.617. The summed E-state index contributed by atoms with van der Waals surface area (Å²) in [6.07, 6.45) is 2.11. The molecule has 1 atom stereocenters. The molecule has 1 heterocycles. The molecule has 1 amide bonds. The molecule has 0 fully saturated rings. The van der Waals surface area contributed by atoms with Gasteiger partial charge in [0.15, 0.2) is 0 Å². The second-order valence-electron chi connectivity index (χ2n) is 6.72. The number of nitrogens with zero attached hydrogens (tertiary/aromatic N) is 1. The molecule has 1 aromatic carbocycles. The number of hydrogen-bond acceptors (Lipinski definition) is 5. The summed E-state index contributed by atoms with van der Waals surface area (Å²) in [5.41, 5.74) is 0.352. The molecule has 0 spiro atoms. The second-order valence-corrected chi connectivity index (χ2v) is 8.29. The maximum absolute atomic E-state index is 12.3. The first-order valence-corrected chi connectivity index (χ1v) is 9.12. The smallest absolute Gasteiger partial charge is 0.410 e. The van der Waals surface area contributed by atoms with Crippen LogP contribution in [0.1, 0.15) is 26.3 Å². The molecule has 1 aromatic rings. The molecule has 1 unspecified atom stereocenters. The van der Waals surface area contributed by atoms with E-state index in [0.29, 0.717) is 6.54 Å². The summed E-state index contributed by atoms with van der Waals surface area (Å²) >= 11 is 0. The van der Waals surface area contributed by atoms with Crippen molar-refractivity contribution in [3.05, 3.63) is 42.0 Å². The lowest BCUT2D eigenvalue weighted by atomic mass is 10.2. The first kappa shape index (κ1) is 18.5. The summed E-state index contributed by atoms with van der Waals surface area (Å²) in [6, 6.07) is 6.42. The number of carbonyl (C=O) groups is 1. The van der Waals surface area contributed by atoms with E-state index in [1.54, 1.807) is 45.1 Å². The summed E-state index contributed by atoms with van der Waals surface area (Å²) in [7, 11) is -3.89. The lowest BCUT2D eigenvalue weighted by Crippen LogP contribution is -2.43. The van der Waals surface area contributed by atoms with Crippen molar-refractivity contribution in [2.75, 3.05) is 13.1 Å². The van der Waals surface area contributed by atoms with Crippen molar-refractivity contribution < 1.29 is 22.1 Å². The Morgan fingerprint density at radius 1 is 1.21 bits per heavy atom. The molecule has 0 saturated heterocycles. The van der Waals surface area contributed by atoms with Crippen molar-refractivity contribution >= 4 is 16.2 Å². The van der Waals surface area contributed by atoms with Crippen LogP contribution in [0, 0.1) is 6.92 Å². The van der Waals surface area contributed by atoms with Crippen molar-refractivity contribution in [1.82, 2.24) is 4.90 Å². The summed E-state index contributed by atoms with van der Waals surface area (Å²) in [5.74, 6) is 0. The van der Waals surface area contributed by atoms with Crippen LogP contribution >= 0.6 is 0 Å². The van der Waals surface area contributed by atoms with Crippen LogP contribution in [0.2, 0.25) is 0 Å². The van der Waals surface area contributed by atoms with Gasteiger partial charge < -0.3 is 9.64 Å². The SMILES string of the molecule is Cc1ccc(S(=O)(=O)OC2C=CCN(C(=O)OC(C)(C)C)C2)cc1. The van der Waals surface area contributed by atoms with Gasteiger partial charge in [-0.25, -0.2) is 4.79 Å². The van der Waals surface area contributed by atoms with Gasteiger partial charge in [0.2, 0.25) is 0 Å². The van der Waals surface area contributed by atoms with Crippen LogP contribution in [-0.2, 0) is 19.0 Å². The van der Waals surface area contributed by atoms with E-state index < -0.39 is 27.9 Å². The van der Waals surface area contributed by atoms with Gasteiger partial charge in [-0.15, -0.1) is 0 Å². The van der Waals surface area contributed by atoms with E-state index in [0.717, 1.165) is 5.56 Å². The first-order valence-electron chi connectivity index (χ1n) is 7.71. The van der Waals surface area contributed by atoms with Gasteiger partial charge in [-0.2, -0.15) is 8.42 Å². The molecule has 0 N–H and O–H groups in total. The molecular weight excluding hydrogens is 330 g/mol. The minimum Gasteiger partial charge on any atom is -0.444 e. The minimum absolute atomic E-state index is 0.0934. The van der Waals surface area contributed by atoms with E-state index in [9.17, 15) is 13.2 Å². The number of aryl methyl sites for hydroxylation is 1. The fourth-order valence-electron chi connectivity index (χ4n) is 2.15. The van der Waals surface area contributed by atoms with Gasteiger partial charge in [0.1, 0.15) is 11.7 Å². The zero-order valence-electron chi connectivity index (χ0n) is 14.4. The third-order valence-corrected chi connectivity index (χ3v) is 4.64. The first-order chi connectivity index (χ1) is 11.1. The Bertz CT molecular complexity index is 716. The molecule has 1 aliphatic rings. The van der Waals surface area contributed by atoms with Crippen LogP contribution in [-0.4, -0.2) is 44.2 Å². The molecule has 132 valence electrons. The van der Waals surface area contributed by atoms with Gasteiger partial charge in [-0.05, 0) is 39.8 Å². The van der Waals surface area contributed by atoms with Crippen LogP contribution in [0.15, 0.2) is 41.3 Å². The Hall–Kier alpha value is -1.86. The normalized spacial score (nSPS) is 18.5. The number of rotatable bonds is 3. The highest BCUT2D eigenvalue weighted by Crippen LogP contribution is 2.19. The average molecular weight is 353 g/mol. The van der Waals surface area contributed by atoms with E-state index in [4.69, 9.17) is 8.92 Å². The molecule has 0 aliphatic carbocycles. The van der Waals surface area contributed by atoms with Crippen molar-refractivity contribution in [1.29, 1.82) is 0 Å². The van der Waals surface area contributed by atoms with Crippen LogP contribution in [0.5, 0.6) is 0 Å². The Morgan fingerprint density at radius 2 is 1.83 bits per heavy atom. The number of benzene rings is 1. The third-order valence-electron chi connectivity index (χ3n) is 3.29. The standard InChI is InChI=1S/C17H23NO5S/c1-13-7-9-15(10-8-13)24(20,21)23-14-6-5-11-18(12-14)16(19)22-17(2,3)4/h5-10,14H,11-12H2,1-4H3. The summed E-state index contributed by atoms with van der Waals surface area (Å²) in [5, 5.41) is 0. The predicted molar refractivity (Wildman–Crippen MR) is 90.2 cm³/mol. The second kappa shape index (κ2) is 6.94. The Kier molecular flexibility index (Phi) is 5.35. The highest BCUT2D eigenvalue weighted by atomic mass is 32.2. The van der Waals surface area contributed by atoms with E-state index in [-0.39, 0.29) is 11.4 Å². The zero-order chi connectivity index (χ0) is 18.0. The third kappa shape index (κ3) is 5.07.